The minimum atomic E-state index is -0.633. The van der Waals surface area contributed by atoms with Crippen LogP contribution in [0.1, 0.15) is 24.1 Å². The van der Waals surface area contributed by atoms with E-state index in [2.05, 4.69) is 4.98 Å². The van der Waals surface area contributed by atoms with E-state index in [0.717, 1.165) is 0 Å². The Morgan fingerprint density at radius 1 is 1.37 bits per heavy atom. The summed E-state index contributed by atoms with van der Waals surface area (Å²) in [4.78, 5) is 4.04. The second-order valence-corrected chi connectivity index (χ2v) is 4.47. The SMILES string of the molecule is CCOc1cncc(C(N)c2cc(Cl)ccc2F)c1. The van der Waals surface area contributed by atoms with Gasteiger partial charge in [0.1, 0.15) is 11.6 Å². The molecular weight excluding hydrogens is 267 g/mol. The molecule has 3 nitrogen and oxygen atoms in total. The molecule has 0 bridgehead atoms. The fraction of sp³-hybridized carbons (Fsp3) is 0.214. The zero-order valence-electron chi connectivity index (χ0n) is 10.4. The van der Waals surface area contributed by atoms with Crippen LogP contribution in [0.2, 0.25) is 5.02 Å². The first kappa shape index (κ1) is 13.8. The van der Waals surface area contributed by atoms with E-state index >= 15 is 0 Å². The molecule has 0 saturated heterocycles. The lowest BCUT2D eigenvalue weighted by atomic mass is 10.0. The number of nitrogens with two attached hydrogens (primary N) is 1. The molecular formula is C14H14ClFN2O. The summed E-state index contributed by atoms with van der Waals surface area (Å²) < 4.78 is 19.1. The lowest BCUT2D eigenvalue weighted by molar-refractivity contribution is 0.338. The van der Waals surface area contributed by atoms with E-state index in [1.807, 2.05) is 6.92 Å². The summed E-state index contributed by atoms with van der Waals surface area (Å²) in [5, 5.41) is 0.445. The van der Waals surface area contributed by atoms with Gasteiger partial charge in [-0.3, -0.25) is 4.98 Å². The molecule has 19 heavy (non-hydrogen) atoms. The number of benzene rings is 1. The van der Waals surface area contributed by atoms with Gasteiger partial charge in [-0.1, -0.05) is 11.6 Å². The van der Waals surface area contributed by atoms with Gasteiger partial charge in [0.2, 0.25) is 0 Å². The Morgan fingerprint density at radius 3 is 2.89 bits per heavy atom. The van der Waals surface area contributed by atoms with Crippen molar-refractivity contribution in [2.45, 2.75) is 13.0 Å². The van der Waals surface area contributed by atoms with Crippen LogP contribution >= 0.6 is 11.6 Å². The lowest BCUT2D eigenvalue weighted by Gasteiger charge is -2.14. The molecule has 0 aliphatic carbocycles. The number of pyridine rings is 1. The number of halogens is 2. The van der Waals surface area contributed by atoms with E-state index in [1.165, 1.54) is 18.2 Å². The highest BCUT2D eigenvalue weighted by Gasteiger charge is 2.15. The average molecular weight is 281 g/mol. The highest BCUT2D eigenvalue weighted by atomic mass is 35.5. The van der Waals surface area contributed by atoms with Gasteiger partial charge < -0.3 is 10.5 Å². The molecule has 2 aromatic rings. The van der Waals surface area contributed by atoms with Crippen LogP contribution in [0, 0.1) is 5.82 Å². The predicted molar refractivity (Wildman–Crippen MR) is 72.8 cm³/mol. The number of nitrogens with zero attached hydrogens (tertiary/aromatic N) is 1. The largest absolute Gasteiger partial charge is 0.492 e. The Bertz CT molecular complexity index is 577. The van der Waals surface area contributed by atoms with Crippen molar-refractivity contribution in [3.8, 4) is 5.75 Å². The molecule has 2 N–H and O–H groups in total. The Hall–Kier alpha value is -1.65. The van der Waals surface area contributed by atoms with E-state index in [0.29, 0.717) is 28.5 Å². The number of aromatic nitrogens is 1. The molecule has 1 aromatic carbocycles. The monoisotopic (exact) mass is 280 g/mol. The smallest absolute Gasteiger partial charge is 0.137 e. The van der Waals surface area contributed by atoms with Gasteiger partial charge in [0.15, 0.2) is 0 Å². The van der Waals surface area contributed by atoms with Gasteiger partial charge in [-0.05, 0) is 36.8 Å². The Labute approximate surface area is 116 Å². The van der Waals surface area contributed by atoms with Crippen LogP contribution in [0.15, 0.2) is 36.7 Å². The summed E-state index contributed by atoms with van der Waals surface area (Å²) in [6, 6.07) is 5.43. The van der Waals surface area contributed by atoms with Crippen molar-refractivity contribution in [3.05, 3.63) is 58.6 Å². The topological polar surface area (TPSA) is 48.1 Å². The minimum Gasteiger partial charge on any atom is -0.492 e. The second-order valence-electron chi connectivity index (χ2n) is 4.03. The van der Waals surface area contributed by atoms with Crippen LogP contribution in [0.4, 0.5) is 4.39 Å². The Balaban J connectivity index is 2.35. The third-order valence-corrected chi connectivity index (χ3v) is 2.93. The zero-order valence-corrected chi connectivity index (χ0v) is 11.2. The third kappa shape index (κ3) is 3.22. The standard InChI is InChI=1S/C14H14ClFN2O/c1-2-19-11-5-9(7-18-8-11)14(17)12-6-10(15)3-4-13(12)16/h3-8,14H,2,17H2,1H3. The van der Waals surface area contributed by atoms with Crippen LogP contribution in [-0.4, -0.2) is 11.6 Å². The van der Waals surface area contributed by atoms with Crippen LogP contribution in [0.3, 0.4) is 0 Å². The van der Waals surface area contributed by atoms with E-state index in [1.54, 1.807) is 18.5 Å². The van der Waals surface area contributed by atoms with E-state index < -0.39 is 11.9 Å². The van der Waals surface area contributed by atoms with Crippen LogP contribution < -0.4 is 10.5 Å². The quantitative estimate of drug-likeness (QED) is 0.934. The molecule has 0 aliphatic heterocycles. The Morgan fingerprint density at radius 2 is 2.16 bits per heavy atom. The molecule has 1 heterocycles. The summed E-state index contributed by atoms with van der Waals surface area (Å²) >= 11 is 5.87. The first-order valence-electron chi connectivity index (χ1n) is 5.90. The maximum Gasteiger partial charge on any atom is 0.137 e. The molecule has 5 heteroatoms. The van der Waals surface area contributed by atoms with Crippen molar-refractivity contribution in [3.63, 3.8) is 0 Å². The molecule has 0 spiro atoms. The molecule has 0 radical (unpaired) electrons. The number of ether oxygens (including phenoxy) is 1. The van der Waals surface area contributed by atoms with Gasteiger partial charge in [-0.25, -0.2) is 4.39 Å². The molecule has 2 rings (SSSR count). The second kappa shape index (κ2) is 5.99. The minimum absolute atomic E-state index is 0.336. The van der Waals surface area contributed by atoms with Gasteiger partial charge in [0.25, 0.3) is 0 Å². The Kier molecular flexibility index (Phi) is 4.35. The first-order chi connectivity index (χ1) is 9.11. The zero-order chi connectivity index (χ0) is 13.8. The van der Waals surface area contributed by atoms with Gasteiger partial charge >= 0.3 is 0 Å². The summed E-state index contributed by atoms with van der Waals surface area (Å²) in [6.45, 7) is 2.41. The van der Waals surface area contributed by atoms with E-state index in [9.17, 15) is 4.39 Å². The molecule has 1 atom stereocenters. The third-order valence-electron chi connectivity index (χ3n) is 2.70. The molecule has 0 fully saturated rings. The summed E-state index contributed by atoms with van der Waals surface area (Å²) in [6.07, 6.45) is 3.18. The van der Waals surface area contributed by atoms with E-state index in [4.69, 9.17) is 22.1 Å². The fourth-order valence-corrected chi connectivity index (χ4v) is 1.96. The molecule has 1 aromatic heterocycles. The summed E-state index contributed by atoms with van der Waals surface area (Å²) in [7, 11) is 0. The summed E-state index contributed by atoms with van der Waals surface area (Å²) in [5.41, 5.74) is 7.07. The number of hydrogen-bond donors (Lipinski definition) is 1. The first-order valence-corrected chi connectivity index (χ1v) is 6.28. The average Bonchev–Trinajstić information content (AvgIpc) is 2.41. The fourth-order valence-electron chi connectivity index (χ4n) is 1.78. The highest BCUT2D eigenvalue weighted by molar-refractivity contribution is 6.30. The molecule has 0 saturated carbocycles. The van der Waals surface area contributed by atoms with Crippen molar-refractivity contribution >= 4 is 11.6 Å². The van der Waals surface area contributed by atoms with Gasteiger partial charge in [-0.2, -0.15) is 0 Å². The maximum absolute atomic E-state index is 13.8. The predicted octanol–water partition coefficient (Wildman–Crippen LogP) is 3.32. The summed E-state index contributed by atoms with van der Waals surface area (Å²) in [5.74, 6) is 0.219. The maximum atomic E-state index is 13.8. The van der Waals surface area contributed by atoms with Crippen LogP contribution in [-0.2, 0) is 0 Å². The van der Waals surface area contributed by atoms with Crippen LogP contribution in [0.25, 0.3) is 0 Å². The normalized spacial score (nSPS) is 12.2. The van der Waals surface area contributed by atoms with Crippen molar-refractivity contribution in [2.24, 2.45) is 5.73 Å². The lowest BCUT2D eigenvalue weighted by Crippen LogP contribution is -2.14. The molecule has 100 valence electrons. The van der Waals surface area contributed by atoms with Crippen molar-refractivity contribution in [1.82, 2.24) is 4.98 Å². The molecule has 1 unspecified atom stereocenters. The van der Waals surface area contributed by atoms with Crippen LogP contribution in [0.5, 0.6) is 5.75 Å². The molecule has 0 amide bonds. The molecule has 0 aliphatic rings. The number of hydrogen-bond acceptors (Lipinski definition) is 3. The van der Waals surface area contributed by atoms with Crippen molar-refractivity contribution in [1.29, 1.82) is 0 Å². The van der Waals surface area contributed by atoms with Crippen molar-refractivity contribution < 1.29 is 9.13 Å². The van der Waals surface area contributed by atoms with Gasteiger partial charge in [0, 0.05) is 16.8 Å². The highest BCUT2D eigenvalue weighted by Crippen LogP contribution is 2.26. The van der Waals surface area contributed by atoms with Crippen molar-refractivity contribution in [2.75, 3.05) is 6.61 Å². The van der Waals surface area contributed by atoms with Gasteiger partial charge in [-0.15, -0.1) is 0 Å². The van der Waals surface area contributed by atoms with Gasteiger partial charge in [0.05, 0.1) is 18.8 Å². The van der Waals surface area contributed by atoms with E-state index in [-0.39, 0.29) is 0 Å². The number of rotatable bonds is 4.